The van der Waals surface area contributed by atoms with E-state index in [0.717, 1.165) is 12.0 Å². The highest BCUT2D eigenvalue weighted by Gasteiger charge is 2.19. The quantitative estimate of drug-likeness (QED) is 0.690. The lowest BCUT2D eigenvalue weighted by Crippen LogP contribution is -2.34. The van der Waals surface area contributed by atoms with Crippen LogP contribution in [0.3, 0.4) is 0 Å². The van der Waals surface area contributed by atoms with Crippen molar-refractivity contribution < 1.29 is 14.3 Å². The molecular formula is C19H29NO3. The third-order valence-corrected chi connectivity index (χ3v) is 3.93. The van der Waals surface area contributed by atoms with Crippen LogP contribution < -0.4 is 0 Å². The third-order valence-electron chi connectivity index (χ3n) is 3.93. The molecule has 23 heavy (non-hydrogen) atoms. The van der Waals surface area contributed by atoms with Gasteiger partial charge in [0.1, 0.15) is 0 Å². The minimum atomic E-state index is -0.368. The largest absolute Gasteiger partial charge is 0.455 e. The molecule has 0 radical (unpaired) electrons. The minimum Gasteiger partial charge on any atom is -0.455 e. The third kappa shape index (κ3) is 6.05. The number of carbonyl (C=O) groups is 2. The Morgan fingerprint density at radius 2 is 1.61 bits per heavy atom. The summed E-state index contributed by atoms with van der Waals surface area (Å²) < 4.78 is 5.17. The van der Waals surface area contributed by atoms with E-state index in [0.29, 0.717) is 19.0 Å². The number of ether oxygens (including phenoxy) is 1. The van der Waals surface area contributed by atoms with Gasteiger partial charge in [0, 0.05) is 13.1 Å². The molecule has 0 saturated heterocycles. The van der Waals surface area contributed by atoms with Gasteiger partial charge in [-0.3, -0.25) is 9.59 Å². The average Bonchev–Trinajstić information content (AvgIpc) is 2.53. The SMILES string of the molecule is CCN(CC)C(=O)COC(=O)C(C)c1ccc(CC(C)C)cc1. The van der Waals surface area contributed by atoms with Crippen LogP contribution in [0.15, 0.2) is 24.3 Å². The van der Waals surface area contributed by atoms with Gasteiger partial charge >= 0.3 is 5.97 Å². The summed E-state index contributed by atoms with van der Waals surface area (Å²) in [6.45, 7) is 11.0. The normalized spacial score (nSPS) is 12.1. The topological polar surface area (TPSA) is 46.6 Å². The summed E-state index contributed by atoms with van der Waals surface area (Å²) in [4.78, 5) is 25.6. The van der Waals surface area contributed by atoms with Crippen LogP contribution >= 0.6 is 0 Å². The Kier molecular flexibility index (Phi) is 7.79. The molecule has 4 heteroatoms. The molecule has 0 aromatic heterocycles. The molecule has 0 heterocycles. The van der Waals surface area contributed by atoms with Crippen LogP contribution in [0.1, 0.15) is 51.7 Å². The van der Waals surface area contributed by atoms with Crippen molar-refractivity contribution in [3.05, 3.63) is 35.4 Å². The van der Waals surface area contributed by atoms with Gasteiger partial charge in [0.25, 0.3) is 5.91 Å². The number of carbonyl (C=O) groups excluding carboxylic acids is 2. The molecule has 0 aliphatic carbocycles. The molecule has 1 rings (SSSR count). The Hall–Kier alpha value is -1.84. The lowest BCUT2D eigenvalue weighted by molar-refractivity contribution is -0.152. The number of esters is 1. The molecule has 1 amide bonds. The summed E-state index contributed by atoms with van der Waals surface area (Å²) in [7, 11) is 0. The summed E-state index contributed by atoms with van der Waals surface area (Å²) in [5, 5.41) is 0. The second-order valence-corrected chi connectivity index (χ2v) is 6.23. The highest BCUT2D eigenvalue weighted by atomic mass is 16.5. The van der Waals surface area contributed by atoms with Crippen molar-refractivity contribution in [3.63, 3.8) is 0 Å². The van der Waals surface area contributed by atoms with Crippen molar-refractivity contribution in [2.24, 2.45) is 5.92 Å². The van der Waals surface area contributed by atoms with Crippen LogP contribution in [0.5, 0.6) is 0 Å². The molecule has 1 unspecified atom stereocenters. The Morgan fingerprint density at radius 3 is 2.09 bits per heavy atom. The molecule has 4 nitrogen and oxygen atoms in total. The van der Waals surface area contributed by atoms with Gasteiger partial charge in [-0.2, -0.15) is 0 Å². The summed E-state index contributed by atoms with van der Waals surface area (Å²) in [6.07, 6.45) is 1.03. The van der Waals surface area contributed by atoms with Gasteiger partial charge in [-0.1, -0.05) is 38.1 Å². The van der Waals surface area contributed by atoms with E-state index in [9.17, 15) is 9.59 Å². The molecule has 0 aliphatic rings. The first-order chi connectivity index (χ1) is 10.9. The maximum Gasteiger partial charge on any atom is 0.313 e. The fourth-order valence-corrected chi connectivity index (χ4v) is 2.48. The summed E-state index contributed by atoms with van der Waals surface area (Å²) >= 11 is 0. The molecule has 0 bridgehead atoms. The molecule has 128 valence electrons. The molecule has 1 aromatic rings. The first-order valence-corrected chi connectivity index (χ1v) is 8.42. The number of hydrogen-bond acceptors (Lipinski definition) is 3. The Labute approximate surface area is 139 Å². The highest BCUT2D eigenvalue weighted by molar-refractivity contribution is 5.83. The molecule has 1 aromatic carbocycles. The van der Waals surface area contributed by atoms with E-state index in [2.05, 4.69) is 26.0 Å². The molecule has 0 fully saturated rings. The molecule has 0 spiro atoms. The zero-order valence-corrected chi connectivity index (χ0v) is 15.0. The van der Waals surface area contributed by atoms with Crippen molar-refractivity contribution >= 4 is 11.9 Å². The number of nitrogens with zero attached hydrogens (tertiary/aromatic N) is 1. The zero-order chi connectivity index (χ0) is 17.4. The maximum absolute atomic E-state index is 12.1. The van der Waals surface area contributed by atoms with Crippen LogP contribution in [0.2, 0.25) is 0 Å². The van der Waals surface area contributed by atoms with Crippen LogP contribution in [0, 0.1) is 5.92 Å². The zero-order valence-electron chi connectivity index (χ0n) is 15.0. The van der Waals surface area contributed by atoms with E-state index < -0.39 is 0 Å². The van der Waals surface area contributed by atoms with Crippen molar-refractivity contribution in [3.8, 4) is 0 Å². The Balaban J connectivity index is 2.57. The van der Waals surface area contributed by atoms with Gasteiger partial charge in [-0.25, -0.2) is 0 Å². The maximum atomic E-state index is 12.1. The fourth-order valence-electron chi connectivity index (χ4n) is 2.48. The van der Waals surface area contributed by atoms with Gasteiger partial charge in [-0.05, 0) is 44.2 Å². The number of hydrogen-bond donors (Lipinski definition) is 0. The van der Waals surface area contributed by atoms with Crippen molar-refractivity contribution in [1.82, 2.24) is 4.90 Å². The van der Waals surface area contributed by atoms with Gasteiger partial charge in [0.15, 0.2) is 6.61 Å². The summed E-state index contributed by atoms with van der Waals surface area (Å²) in [5.74, 6) is -0.271. The van der Waals surface area contributed by atoms with Crippen molar-refractivity contribution in [2.75, 3.05) is 19.7 Å². The predicted molar refractivity (Wildman–Crippen MR) is 92.3 cm³/mol. The molecular weight excluding hydrogens is 290 g/mol. The Morgan fingerprint density at radius 1 is 1.04 bits per heavy atom. The van der Waals surface area contributed by atoms with Gasteiger partial charge in [0.05, 0.1) is 5.92 Å². The predicted octanol–water partition coefficient (Wildman–Crippen LogP) is 3.40. The molecule has 0 aliphatic heterocycles. The second kappa shape index (κ2) is 9.33. The standard InChI is InChI=1S/C19H29NO3/c1-6-20(7-2)18(21)13-23-19(22)15(5)17-10-8-16(9-11-17)12-14(3)4/h8-11,14-15H,6-7,12-13H2,1-5H3. The second-order valence-electron chi connectivity index (χ2n) is 6.23. The number of benzene rings is 1. The minimum absolute atomic E-state index is 0.150. The molecule has 0 N–H and O–H groups in total. The summed E-state index contributed by atoms with van der Waals surface area (Å²) in [5.41, 5.74) is 2.18. The molecule has 1 atom stereocenters. The smallest absolute Gasteiger partial charge is 0.313 e. The van der Waals surface area contributed by atoms with Crippen LogP contribution in [-0.2, 0) is 20.7 Å². The average molecular weight is 319 g/mol. The molecule has 0 saturated carbocycles. The first-order valence-electron chi connectivity index (χ1n) is 8.42. The first kappa shape index (κ1) is 19.2. The fraction of sp³-hybridized carbons (Fsp3) is 0.579. The highest BCUT2D eigenvalue weighted by Crippen LogP contribution is 2.19. The van der Waals surface area contributed by atoms with E-state index in [1.54, 1.807) is 4.90 Å². The number of amides is 1. The lowest BCUT2D eigenvalue weighted by atomic mass is 9.97. The van der Waals surface area contributed by atoms with E-state index in [4.69, 9.17) is 4.74 Å². The lowest BCUT2D eigenvalue weighted by Gasteiger charge is -2.19. The van der Waals surface area contributed by atoms with Crippen molar-refractivity contribution in [1.29, 1.82) is 0 Å². The summed E-state index contributed by atoms with van der Waals surface area (Å²) in [6, 6.07) is 8.05. The monoisotopic (exact) mass is 319 g/mol. The van der Waals surface area contributed by atoms with Crippen LogP contribution in [-0.4, -0.2) is 36.5 Å². The van der Waals surface area contributed by atoms with E-state index in [-0.39, 0.29) is 24.4 Å². The van der Waals surface area contributed by atoms with Crippen molar-refractivity contribution in [2.45, 2.75) is 47.0 Å². The number of likely N-dealkylation sites (N-methyl/N-ethyl adjacent to an activating group) is 1. The number of rotatable bonds is 8. The van der Waals surface area contributed by atoms with E-state index >= 15 is 0 Å². The van der Waals surface area contributed by atoms with Crippen LogP contribution in [0.25, 0.3) is 0 Å². The Bertz CT molecular complexity index is 504. The van der Waals surface area contributed by atoms with E-state index in [1.807, 2.05) is 32.9 Å². The van der Waals surface area contributed by atoms with Gasteiger partial charge < -0.3 is 9.64 Å². The van der Waals surface area contributed by atoms with Gasteiger partial charge in [-0.15, -0.1) is 0 Å². The van der Waals surface area contributed by atoms with Gasteiger partial charge in [0.2, 0.25) is 0 Å². The van der Waals surface area contributed by atoms with E-state index in [1.165, 1.54) is 5.56 Å². The van der Waals surface area contributed by atoms with Crippen LogP contribution in [0.4, 0.5) is 0 Å².